The fraction of sp³-hybridized carbons (Fsp3) is 0.545. The molecule has 4 fully saturated rings. The first-order valence-corrected chi connectivity index (χ1v) is 10.4. The number of hydrogen-bond acceptors (Lipinski definition) is 3. The van der Waals surface area contributed by atoms with Gasteiger partial charge in [-0.05, 0) is 86.8 Å². The number of nitrogens with one attached hydrogen (secondary N) is 2. The van der Waals surface area contributed by atoms with Crippen LogP contribution in [0.4, 0.5) is 10.1 Å². The number of amides is 1. The van der Waals surface area contributed by atoms with Crippen LogP contribution in [-0.4, -0.2) is 11.9 Å². The predicted octanol–water partition coefficient (Wildman–Crippen LogP) is 5.02. The highest BCUT2D eigenvalue weighted by atomic mass is 35.5. The molecule has 4 saturated carbocycles. The van der Waals surface area contributed by atoms with Crippen molar-refractivity contribution in [2.75, 3.05) is 5.32 Å². The Morgan fingerprint density at radius 2 is 1.89 bits per heavy atom. The zero-order valence-corrected chi connectivity index (χ0v) is 16.7. The molecule has 1 unspecified atom stereocenters. The molecule has 4 aliphatic rings. The van der Waals surface area contributed by atoms with Gasteiger partial charge in [0.05, 0.1) is 5.02 Å². The van der Waals surface area contributed by atoms with Crippen molar-refractivity contribution in [2.45, 2.75) is 51.5 Å². The van der Waals surface area contributed by atoms with E-state index >= 15 is 0 Å². The maximum atomic E-state index is 13.3. The lowest BCUT2D eigenvalue weighted by Gasteiger charge is -2.59. The maximum absolute atomic E-state index is 13.3. The van der Waals surface area contributed by atoms with Gasteiger partial charge < -0.3 is 10.6 Å². The van der Waals surface area contributed by atoms with E-state index < -0.39 is 5.82 Å². The minimum absolute atomic E-state index is 0.00275. The van der Waals surface area contributed by atoms with Crippen molar-refractivity contribution >= 4 is 23.2 Å². The highest BCUT2D eigenvalue weighted by molar-refractivity contribution is 6.31. The van der Waals surface area contributed by atoms with Crippen molar-refractivity contribution in [3.63, 3.8) is 0 Å². The summed E-state index contributed by atoms with van der Waals surface area (Å²) >= 11 is 5.76. The standard InChI is InChI=1S/C22H25ClFN3O/c1-13(22-8-14-4-15(9-22)6-16(5-14)10-22)27-21(28)17(11-25)12-26-18-2-3-20(24)19(23)7-18/h2-3,7,12-16,26H,4-6,8-10H2,1H3,(H,27,28)/b17-12-. The molecule has 0 aromatic heterocycles. The second-order valence-electron chi connectivity index (χ2n) is 8.92. The van der Waals surface area contributed by atoms with Crippen LogP contribution in [0.2, 0.25) is 5.02 Å². The summed E-state index contributed by atoms with van der Waals surface area (Å²) in [6.07, 6.45) is 8.99. The van der Waals surface area contributed by atoms with Crippen molar-refractivity contribution in [3.8, 4) is 6.07 Å². The Balaban J connectivity index is 1.43. The highest BCUT2D eigenvalue weighted by Gasteiger charge is 2.53. The average Bonchev–Trinajstić information content (AvgIpc) is 2.64. The van der Waals surface area contributed by atoms with Crippen LogP contribution in [0.25, 0.3) is 0 Å². The minimum atomic E-state index is -0.515. The Morgan fingerprint density at radius 3 is 2.43 bits per heavy atom. The van der Waals surface area contributed by atoms with E-state index in [0.29, 0.717) is 5.69 Å². The maximum Gasteiger partial charge on any atom is 0.263 e. The molecule has 1 aromatic rings. The van der Waals surface area contributed by atoms with Gasteiger partial charge in [-0.15, -0.1) is 0 Å². The number of carbonyl (C=O) groups is 1. The summed E-state index contributed by atoms with van der Waals surface area (Å²) < 4.78 is 13.3. The van der Waals surface area contributed by atoms with Crippen LogP contribution in [0.5, 0.6) is 0 Å². The van der Waals surface area contributed by atoms with Gasteiger partial charge >= 0.3 is 0 Å². The largest absolute Gasteiger partial charge is 0.360 e. The first-order valence-electron chi connectivity index (χ1n) is 10.0. The fourth-order valence-electron chi connectivity index (χ4n) is 6.03. The lowest BCUT2D eigenvalue weighted by molar-refractivity contribution is -0.122. The number of nitrogens with zero attached hydrogens (tertiary/aromatic N) is 1. The molecule has 1 amide bonds. The summed E-state index contributed by atoms with van der Waals surface area (Å²) in [4.78, 5) is 12.7. The molecule has 2 N–H and O–H groups in total. The topological polar surface area (TPSA) is 64.9 Å². The van der Waals surface area contributed by atoms with Gasteiger partial charge in [-0.25, -0.2) is 4.39 Å². The second-order valence-corrected chi connectivity index (χ2v) is 9.33. The quantitative estimate of drug-likeness (QED) is 0.537. The van der Waals surface area contributed by atoms with Gasteiger partial charge in [-0.1, -0.05) is 11.6 Å². The number of carbonyl (C=O) groups excluding carboxylic acids is 1. The van der Waals surface area contributed by atoms with Gasteiger partial charge in [-0.2, -0.15) is 5.26 Å². The van der Waals surface area contributed by atoms with Crippen LogP contribution >= 0.6 is 11.6 Å². The molecule has 0 saturated heterocycles. The van der Waals surface area contributed by atoms with Gasteiger partial charge in [0.1, 0.15) is 17.5 Å². The lowest BCUT2D eigenvalue weighted by atomic mass is 9.48. The summed E-state index contributed by atoms with van der Waals surface area (Å²) in [5, 5.41) is 15.3. The van der Waals surface area contributed by atoms with Crippen molar-refractivity contribution in [2.24, 2.45) is 23.2 Å². The Morgan fingerprint density at radius 1 is 1.29 bits per heavy atom. The first kappa shape index (κ1) is 19.3. The molecule has 5 rings (SSSR count). The molecular weight excluding hydrogens is 377 g/mol. The highest BCUT2D eigenvalue weighted by Crippen LogP contribution is 2.61. The summed E-state index contributed by atoms with van der Waals surface area (Å²) in [5.41, 5.74) is 0.696. The summed E-state index contributed by atoms with van der Waals surface area (Å²) in [6, 6.07) is 6.16. The second kappa shape index (κ2) is 7.40. The zero-order valence-electron chi connectivity index (χ0n) is 16.0. The smallest absolute Gasteiger partial charge is 0.263 e. The summed E-state index contributed by atoms with van der Waals surface area (Å²) in [7, 11) is 0. The van der Waals surface area contributed by atoms with Crippen LogP contribution in [-0.2, 0) is 4.79 Å². The van der Waals surface area contributed by atoms with Crippen LogP contribution in [0.1, 0.15) is 45.4 Å². The van der Waals surface area contributed by atoms with Gasteiger partial charge in [0.25, 0.3) is 5.91 Å². The summed E-state index contributed by atoms with van der Waals surface area (Å²) in [6.45, 7) is 2.09. The van der Waals surface area contributed by atoms with E-state index in [9.17, 15) is 14.4 Å². The molecule has 0 aliphatic heterocycles. The third-order valence-electron chi connectivity index (χ3n) is 7.02. The van der Waals surface area contributed by atoms with E-state index in [0.717, 1.165) is 17.8 Å². The van der Waals surface area contributed by atoms with Gasteiger partial charge in [0, 0.05) is 17.9 Å². The van der Waals surface area contributed by atoms with Crippen molar-refractivity contribution < 1.29 is 9.18 Å². The Labute approximate surface area is 170 Å². The molecule has 0 spiro atoms. The number of halogens is 2. The fourth-order valence-corrected chi connectivity index (χ4v) is 6.21. The number of anilines is 1. The first-order chi connectivity index (χ1) is 13.4. The monoisotopic (exact) mass is 401 g/mol. The molecule has 4 nitrogen and oxygen atoms in total. The molecule has 1 aromatic carbocycles. The normalized spacial score (nSPS) is 31.9. The summed E-state index contributed by atoms with van der Waals surface area (Å²) in [5.74, 6) is 1.54. The van der Waals surface area contributed by atoms with E-state index in [1.807, 2.05) is 6.07 Å². The van der Waals surface area contributed by atoms with Crippen molar-refractivity contribution in [1.82, 2.24) is 5.32 Å². The molecule has 4 bridgehead atoms. The van der Waals surface area contributed by atoms with E-state index in [-0.39, 0.29) is 28.0 Å². The van der Waals surface area contributed by atoms with Crippen molar-refractivity contribution in [3.05, 3.63) is 40.8 Å². The van der Waals surface area contributed by atoms with Gasteiger partial charge in [0.15, 0.2) is 0 Å². The van der Waals surface area contributed by atoms with E-state index in [4.69, 9.17) is 11.6 Å². The molecule has 148 valence electrons. The van der Waals surface area contributed by atoms with Crippen LogP contribution in [0.15, 0.2) is 30.0 Å². The lowest BCUT2D eigenvalue weighted by Crippen LogP contribution is -2.56. The molecule has 0 heterocycles. The van der Waals surface area contributed by atoms with Crippen LogP contribution in [0, 0.1) is 40.3 Å². The Hall–Kier alpha value is -2.06. The molecule has 4 aliphatic carbocycles. The molecule has 28 heavy (non-hydrogen) atoms. The third kappa shape index (κ3) is 3.63. The third-order valence-corrected chi connectivity index (χ3v) is 7.31. The Kier molecular flexibility index (Phi) is 5.09. The zero-order chi connectivity index (χ0) is 19.9. The van der Waals surface area contributed by atoms with Crippen molar-refractivity contribution in [1.29, 1.82) is 5.26 Å². The molecule has 1 atom stereocenters. The number of benzene rings is 1. The molecular formula is C22H25ClFN3O. The average molecular weight is 402 g/mol. The molecule has 0 radical (unpaired) electrons. The van der Waals surface area contributed by atoms with Gasteiger partial charge in [0.2, 0.25) is 0 Å². The Bertz CT molecular complexity index is 825. The SMILES string of the molecule is CC(NC(=O)/C(C#N)=C\Nc1ccc(F)c(Cl)c1)C12CC3CC(CC(C3)C1)C2. The van der Waals surface area contributed by atoms with Gasteiger partial charge in [-0.3, -0.25) is 4.79 Å². The van der Waals surface area contributed by atoms with E-state index in [1.165, 1.54) is 62.9 Å². The van der Waals surface area contributed by atoms with E-state index in [1.54, 1.807) is 0 Å². The van der Waals surface area contributed by atoms with Crippen LogP contribution in [0.3, 0.4) is 0 Å². The number of nitriles is 1. The number of rotatable bonds is 5. The van der Waals surface area contributed by atoms with Crippen LogP contribution < -0.4 is 10.6 Å². The number of hydrogen-bond donors (Lipinski definition) is 2. The minimum Gasteiger partial charge on any atom is -0.360 e. The predicted molar refractivity (Wildman–Crippen MR) is 107 cm³/mol. The van der Waals surface area contributed by atoms with E-state index in [2.05, 4.69) is 17.6 Å². The molecule has 6 heteroatoms.